The van der Waals surface area contributed by atoms with Gasteiger partial charge < -0.3 is 5.32 Å². The smallest absolute Gasteiger partial charge is 0.274 e. The van der Waals surface area contributed by atoms with Gasteiger partial charge in [0, 0.05) is 6.54 Å². The maximum absolute atomic E-state index is 12.4. The third kappa shape index (κ3) is 3.32. The quantitative estimate of drug-likeness (QED) is 0.867. The van der Waals surface area contributed by atoms with Crippen molar-refractivity contribution in [2.45, 2.75) is 45.2 Å². The maximum atomic E-state index is 12.4. The van der Waals surface area contributed by atoms with Crippen LogP contribution < -0.4 is 5.32 Å². The van der Waals surface area contributed by atoms with Gasteiger partial charge >= 0.3 is 0 Å². The summed E-state index contributed by atoms with van der Waals surface area (Å²) in [5, 5.41) is 10.1. The molecule has 1 aromatic heterocycles. The number of nitrogens with one attached hydrogen (secondary N) is 1. The van der Waals surface area contributed by atoms with Crippen molar-refractivity contribution in [3.05, 3.63) is 11.4 Å². The van der Waals surface area contributed by atoms with E-state index in [1.54, 1.807) is 11.6 Å². The molecule has 0 saturated heterocycles. The minimum absolute atomic E-state index is 0.148. The number of carbonyl (C=O) groups excluding carboxylic acids is 1. The van der Waals surface area contributed by atoms with Gasteiger partial charge in [-0.05, 0) is 25.7 Å². The minimum Gasteiger partial charge on any atom is -0.343 e. The van der Waals surface area contributed by atoms with E-state index in [9.17, 15) is 13.6 Å². The van der Waals surface area contributed by atoms with Gasteiger partial charge in [0.25, 0.3) is 5.91 Å². The molecular weight excluding hydrogens is 266 g/mol. The first-order valence-corrected chi connectivity index (χ1v) is 6.98. The predicted molar refractivity (Wildman–Crippen MR) is 69.9 cm³/mol. The van der Waals surface area contributed by atoms with Gasteiger partial charge in [0.05, 0.1) is 11.7 Å². The molecule has 2 rings (SSSR count). The third-order valence-corrected chi connectivity index (χ3v) is 3.81. The van der Waals surface area contributed by atoms with E-state index in [0.717, 1.165) is 6.54 Å². The molecule has 0 aliphatic heterocycles. The Bertz CT molecular complexity index is 453. The number of hydrogen-bond donors (Lipinski definition) is 1. The standard InChI is InChI=1S/C13H20F2N4O/c1-9-12(13(20)16-11(6-14)7-15)17-18-19(9)8-10-4-2-3-5-10/h10-11H,2-8H2,1H3,(H,16,20). The van der Waals surface area contributed by atoms with Crippen molar-refractivity contribution in [2.24, 2.45) is 5.92 Å². The molecule has 1 fully saturated rings. The van der Waals surface area contributed by atoms with Crippen LogP contribution in [0.4, 0.5) is 8.78 Å². The normalized spacial score (nSPS) is 16.0. The first-order chi connectivity index (χ1) is 9.65. The van der Waals surface area contributed by atoms with Gasteiger partial charge in [-0.1, -0.05) is 18.1 Å². The summed E-state index contributed by atoms with van der Waals surface area (Å²) in [5.41, 5.74) is 0.792. The lowest BCUT2D eigenvalue weighted by Crippen LogP contribution is -2.38. The van der Waals surface area contributed by atoms with Crippen LogP contribution in [0.2, 0.25) is 0 Å². The lowest BCUT2D eigenvalue weighted by molar-refractivity contribution is 0.0916. The summed E-state index contributed by atoms with van der Waals surface area (Å²) >= 11 is 0. The highest BCUT2D eigenvalue weighted by molar-refractivity contribution is 5.93. The van der Waals surface area contributed by atoms with Crippen molar-refractivity contribution in [1.29, 1.82) is 0 Å². The Hall–Kier alpha value is -1.53. The average molecular weight is 286 g/mol. The molecule has 0 spiro atoms. The summed E-state index contributed by atoms with van der Waals surface area (Å²) in [6, 6.07) is -1.11. The maximum Gasteiger partial charge on any atom is 0.274 e. The first kappa shape index (κ1) is 14.9. The number of aromatic nitrogens is 3. The van der Waals surface area contributed by atoms with E-state index in [1.807, 2.05) is 0 Å². The molecule has 0 aromatic carbocycles. The highest BCUT2D eigenvalue weighted by atomic mass is 19.1. The molecule has 0 bridgehead atoms. The fourth-order valence-corrected chi connectivity index (χ4v) is 2.55. The molecule has 1 aliphatic rings. The molecule has 0 radical (unpaired) electrons. The molecule has 5 nitrogen and oxygen atoms in total. The van der Waals surface area contributed by atoms with Crippen molar-refractivity contribution < 1.29 is 13.6 Å². The Labute approximate surface area is 116 Å². The number of halogens is 2. The monoisotopic (exact) mass is 286 g/mol. The van der Waals surface area contributed by atoms with Crippen molar-refractivity contribution in [3.63, 3.8) is 0 Å². The Kier molecular flexibility index (Phi) is 5.03. The fraction of sp³-hybridized carbons (Fsp3) is 0.769. The fourth-order valence-electron chi connectivity index (χ4n) is 2.55. The van der Waals surface area contributed by atoms with E-state index >= 15 is 0 Å². The van der Waals surface area contributed by atoms with Crippen LogP contribution in [0, 0.1) is 12.8 Å². The van der Waals surface area contributed by atoms with E-state index < -0.39 is 25.3 Å². The summed E-state index contributed by atoms with van der Waals surface area (Å²) in [4.78, 5) is 11.9. The van der Waals surface area contributed by atoms with Crippen LogP contribution in [0.15, 0.2) is 0 Å². The Morgan fingerprint density at radius 1 is 1.40 bits per heavy atom. The van der Waals surface area contributed by atoms with Crippen LogP contribution in [0.5, 0.6) is 0 Å². The SMILES string of the molecule is Cc1c(C(=O)NC(CF)CF)nnn1CC1CCCC1. The zero-order valence-corrected chi connectivity index (χ0v) is 11.6. The van der Waals surface area contributed by atoms with Gasteiger partial charge in [-0.25, -0.2) is 13.5 Å². The Balaban J connectivity index is 2.01. The van der Waals surface area contributed by atoms with Gasteiger partial charge in [0.2, 0.25) is 0 Å². The molecule has 1 heterocycles. The number of hydrogen-bond acceptors (Lipinski definition) is 3. The van der Waals surface area contributed by atoms with Crippen LogP contribution in [0.1, 0.15) is 41.9 Å². The van der Waals surface area contributed by atoms with Crippen LogP contribution in [0.25, 0.3) is 0 Å². The summed E-state index contributed by atoms with van der Waals surface area (Å²) in [6.45, 7) is 0.639. The topological polar surface area (TPSA) is 59.8 Å². The molecule has 1 N–H and O–H groups in total. The predicted octanol–water partition coefficient (Wildman–Crippen LogP) is 1.81. The van der Waals surface area contributed by atoms with Crippen LogP contribution >= 0.6 is 0 Å². The Morgan fingerprint density at radius 3 is 2.65 bits per heavy atom. The van der Waals surface area contributed by atoms with Gasteiger partial charge in [-0.15, -0.1) is 5.10 Å². The van der Waals surface area contributed by atoms with Crippen molar-refractivity contribution in [2.75, 3.05) is 13.3 Å². The summed E-state index contributed by atoms with van der Waals surface area (Å²) < 4.78 is 26.5. The van der Waals surface area contributed by atoms with E-state index in [4.69, 9.17) is 0 Å². The lowest BCUT2D eigenvalue weighted by atomic mass is 10.1. The molecule has 1 aromatic rings. The molecule has 1 amide bonds. The molecule has 0 atom stereocenters. The van der Waals surface area contributed by atoms with E-state index in [1.165, 1.54) is 25.7 Å². The molecule has 1 saturated carbocycles. The zero-order valence-electron chi connectivity index (χ0n) is 11.6. The number of carbonyl (C=O) groups is 1. The molecular formula is C13H20F2N4O. The molecule has 7 heteroatoms. The van der Waals surface area contributed by atoms with Crippen molar-refractivity contribution in [3.8, 4) is 0 Å². The second-order valence-corrected chi connectivity index (χ2v) is 5.34. The molecule has 1 aliphatic carbocycles. The second-order valence-electron chi connectivity index (χ2n) is 5.34. The molecule has 112 valence electrons. The van der Waals surface area contributed by atoms with Gasteiger partial charge in [0.15, 0.2) is 5.69 Å². The minimum atomic E-state index is -1.11. The molecule has 20 heavy (non-hydrogen) atoms. The highest BCUT2D eigenvalue weighted by Gasteiger charge is 2.22. The van der Waals surface area contributed by atoms with Gasteiger partial charge in [-0.2, -0.15) is 0 Å². The second kappa shape index (κ2) is 6.76. The number of amides is 1. The van der Waals surface area contributed by atoms with Gasteiger partial charge in [0.1, 0.15) is 13.3 Å². The molecule has 0 unspecified atom stereocenters. The number of rotatable bonds is 6. The van der Waals surface area contributed by atoms with E-state index in [2.05, 4.69) is 15.6 Å². The number of nitrogens with zero attached hydrogens (tertiary/aromatic N) is 3. The van der Waals surface area contributed by atoms with Crippen LogP contribution in [0.3, 0.4) is 0 Å². The summed E-state index contributed by atoms with van der Waals surface area (Å²) in [5.74, 6) is 0.0104. The highest BCUT2D eigenvalue weighted by Crippen LogP contribution is 2.26. The summed E-state index contributed by atoms with van der Waals surface area (Å²) in [7, 11) is 0. The van der Waals surface area contributed by atoms with Crippen LogP contribution in [-0.2, 0) is 6.54 Å². The van der Waals surface area contributed by atoms with E-state index in [0.29, 0.717) is 11.6 Å². The lowest BCUT2D eigenvalue weighted by Gasteiger charge is -2.11. The van der Waals surface area contributed by atoms with Gasteiger partial charge in [-0.3, -0.25) is 4.79 Å². The largest absolute Gasteiger partial charge is 0.343 e. The van der Waals surface area contributed by atoms with E-state index in [-0.39, 0.29) is 5.69 Å². The first-order valence-electron chi connectivity index (χ1n) is 6.98. The van der Waals surface area contributed by atoms with Crippen molar-refractivity contribution >= 4 is 5.91 Å². The van der Waals surface area contributed by atoms with Crippen LogP contribution in [-0.4, -0.2) is 40.3 Å². The summed E-state index contributed by atoms with van der Waals surface area (Å²) in [6.07, 6.45) is 4.82. The van der Waals surface area contributed by atoms with Crippen molar-refractivity contribution in [1.82, 2.24) is 20.3 Å². The third-order valence-electron chi connectivity index (χ3n) is 3.81. The zero-order chi connectivity index (χ0) is 14.5. The Morgan fingerprint density at radius 2 is 2.05 bits per heavy atom. The number of alkyl halides is 2. The average Bonchev–Trinajstić information content (AvgIpc) is 3.07.